The molecule has 2 rings (SSSR count). The Balaban J connectivity index is 2.19. The minimum atomic E-state index is -0.744. The lowest BCUT2D eigenvalue weighted by atomic mass is 10.2. The SMILES string of the molecule is COc1ccn2ccc(CCOC(N)=O)c2c1. The van der Waals surface area contributed by atoms with Crippen LogP contribution in [0.2, 0.25) is 0 Å². The number of nitrogens with two attached hydrogens (primary N) is 1. The summed E-state index contributed by atoms with van der Waals surface area (Å²) in [6.07, 6.45) is 3.76. The number of rotatable bonds is 4. The molecule has 2 heterocycles. The number of carbonyl (C=O) groups is 1. The summed E-state index contributed by atoms with van der Waals surface area (Å²) in [7, 11) is 1.63. The summed E-state index contributed by atoms with van der Waals surface area (Å²) in [5.41, 5.74) is 7.03. The first-order valence-electron chi connectivity index (χ1n) is 5.26. The van der Waals surface area contributed by atoms with E-state index in [4.69, 9.17) is 15.2 Å². The number of pyridine rings is 1. The molecule has 0 aliphatic rings. The topological polar surface area (TPSA) is 66.0 Å². The Labute approximate surface area is 98.7 Å². The molecule has 17 heavy (non-hydrogen) atoms. The van der Waals surface area contributed by atoms with Crippen LogP contribution in [0.25, 0.3) is 5.52 Å². The van der Waals surface area contributed by atoms with Gasteiger partial charge in [0.25, 0.3) is 0 Å². The van der Waals surface area contributed by atoms with Gasteiger partial charge in [-0.2, -0.15) is 0 Å². The van der Waals surface area contributed by atoms with Crippen molar-refractivity contribution >= 4 is 11.6 Å². The lowest BCUT2D eigenvalue weighted by Gasteiger charge is -2.04. The van der Waals surface area contributed by atoms with Gasteiger partial charge in [-0.05, 0) is 17.7 Å². The highest BCUT2D eigenvalue weighted by Gasteiger charge is 2.04. The third-order valence-electron chi connectivity index (χ3n) is 2.57. The second-order valence-electron chi connectivity index (χ2n) is 3.62. The number of carbonyl (C=O) groups excluding carboxylic acids is 1. The molecule has 90 valence electrons. The molecule has 0 aromatic carbocycles. The monoisotopic (exact) mass is 234 g/mol. The van der Waals surface area contributed by atoms with Crippen LogP contribution >= 0.6 is 0 Å². The highest BCUT2D eigenvalue weighted by Crippen LogP contribution is 2.19. The van der Waals surface area contributed by atoms with Gasteiger partial charge in [-0.25, -0.2) is 4.79 Å². The van der Waals surface area contributed by atoms with E-state index in [0.717, 1.165) is 16.8 Å². The van der Waals surface area contributed by atoms with E-state index in [1.165, 1.54) is 0 Å². The van der Waals surface area contributed by atoms with Gasteiger partial charge in [0.2, 0.25) is 0 Å². The molecule has 0 fully saturated rings. The van der Waals surface area contributed by atoms with Gasteiger partial charge in [0.1, 0.15) is 5.75 Å². The smallest absolute Gasteiger partial charge is 0.404 e. The molecule has 0 radical (unpaired) electrons. The maximum absolute atomic E-state index is 10.5. The summed E-state index contributed by atoms with van der Waals surface area (Å²) in [4.78, 5) is 10.5. The normalized spacial score (nSPS) is 10.4. The van der Waals surface area contributed by atoms with E-state index in [2.05, 4.69) is 0 Å². The molecule has 0 aliphatic carbocycles. The second kappa shape index (κ2) is 4.78. The lowest BCUT2D eigenvalue weighted by Crippen LogP contribution is -2.14. The molecule has 0 unspecified atom stereocenters. The van der Waals surface area contributed by atoms with Crippen molar-refractivity contribution in [3.05, 3.63) is 36.2 Å². The Kier molecular flexibility index (Phi) is 3.18. The summed E-state index contributed by atoms with van der Waals surface area (Å²) in [6.45, 7) is 0.284. The standard InChI is InChI=1S/C12H14N2O3/c1-16-10-3-6-14-5-2-9(11(14)8-10)4-7-17-12(13)15/h2-3,5-6,8H,4,7H2,1H3,(H2,13,15). The number of ether oxygens (including phenoxy) is 2. The van der Waals surface area contributed by atoms with Crippen molar-refractivity contribution < 1.29 is 14.3 Å². The highest BCUT2D eigenvalue weighted by molar-refractivity contribution is 5.64. The quantitative estimate of drug-likeness (QED) is 0.873. The first kappa shape index (κ1) is 11.3. The molecule has 0 saturated heterocycles. The largest absolute Gasteiger partial charge is 0.497 e. The van der Waals surface area contributed by atoms with Crippen LogP contribution in [0.4, 0.5) is 4.79 Å². The third-order valence-corrected chi connectivity index (χ3v) is 2.57. The molecule has 0 bridgehead atoms. The van der Waals surface area contributed by atoms with Gasteiger partial charge in [-0.3, -0.25) is 0 Å². The van der Waals surface area contributed by atoms with Crippen molar-refractivity contribution in [2.24, 2.45) is 5.73 Å². The third kappa shape index (κ3) is 2.50. The van der Waals surface area contributed by atoms with Gasteiger partial charge in [-0.15, -0.1) is 0 Å². The predicted octanol–water partition coefficient (Wildman–Crippen LogP) is 1.59. The maximum atomic E-state index is 10.5. The van der Waals surface area contributed by atoms with Crippen molar-refractivity contribution in [2.75, 3.05) is 13.7 Å². The molecule has 5 heteroatoms. The number of hydrogen-bond donors (Lipinski definition) is 1. The summed E-state index contributed by atoms with van der Waals surface area (Å²) in [5.74, 6) is 0.799. The van der Waals surface area contributed by atoms with Gasteiger partial charge in [0.15, 0.2) is 0 Å². The van der Waals surface area contributed by atoms with E-state index < -0.39 is 6.09 Å². The molecule has 2 N–H and O–H groups in total. The molecular formula is C12H14N2O3. The van der Waals surface area contributed by atoms with Crippen LogP contribution in [0.15, 0.2) is 30.6 Å². The van der Waals surface area contributed by atoms with Crippen molar-refractivity contribution in [1.29, 1.82) is 0 Å². The van der Waals surface area contributed by atoms with Crippen molar-refractivity contribution in [2.45, 2.75) is 6.42 Å². The average Bonchev–Trinajstić information content (AvgIpc) is 2.71. The summed E-state index contributed by atoms with van der Waals surface area (Å²) < 4.78 is 11.9. The molecule has 0 atom stereocenters. The van der Waals surface area contributed by atoms with Gasteiger partial charge >= 0.3 is 6.09 Å². The Morgan fingerprint density at radius 2 is 2.18 bits per heavy atom. The molecular weight excluding hydrogens is 220 g/mol. The molecule has 0 aliphatic heterocycles. The fourth-order valence-corrected chi connectivity index (χ4v) is 1.74. The number of fused-ring (bicyclic) bond motifs is 1. The van der Waals surface area contributed by atoms with Crippen LogP contribution in [0.3, 0.4) is 0 Å². The lowest BCUT2D eigenvalue weighted by molar-refractivity contribution is 0.158. The maximum Gasteiger partial charge on any atom is 0.404 e. The van der Waals surface area contributed by atoms with E-state index in [1.807, 2.05) is 35.0 Å². The van der Waals surface area contributed by atoms with E-state index in [-0.39, 0.29) is 6.61 Å². The minimum absolute atomic E-state index is 0.284. The van der Waals surface area contributed by atoms with Gasteiger partial charge in [-0.1, -0.05) is 0 Å². The van der Waals surface area contributed by atoms with Crippen LogP contribution in [0, 0.1) is 0 Å². The van der Waals surface area contributed by atoms with Gasteiger partial charge in [0.05, 0.1) is 19.2 Å². The highest BCUT2D eigenvalue weighted by atomic mass is 16.5. The second-order valence-corrected chi connectivity index (χ2v) is 3.62. The van der Waals surface area contributed by atoms with Crippen LogP contribution in [0.5, 0.6) is 5.75 Å². The molecule has 2 aromatic heterocycles. The van der Waals surface area contributed by atoms with E-state index in [0.29, 0.717) is 6.42 Å². The van der Waals surface area contributed by atoms with Crippen molar-refractivity contribution in [3.8, 4) is 5.75 Å². The van der Waals surface area contributed by atoms with Crippen LogP contribution in [-0.4, -0.2) is 24.2 Å². The van der Waals surface area contributed by atoms with Crippen molar-refractivity contribution in [1.82, 2.24) is 4.40 Å². The first-order chi connectivity index (χ1) is 8.20. The predicted molar refractivity (Wildman–Crippen MR) is 63.2 cm³/mol. The Bertz CT molecular complexity index is 534. The fourth-order valence-electron chi connectivity index (χ4n) is 1.74. The number of hydrogen-bond acceptors (Lipinski definition) is 3. The molecule has 2 aromatic rings. The summed E-state index contributed by atoms with van der Waals surface area (Å²) in [5, 5.41) is 0. The number of aromatic nitrogens is 1. The van der Waals surface area contributed by atoms with Gasteiger partial charge < -0.3 is 19.6 Å². The van der Waals surface area contributed by atoms with Crippen molar-refractivity contribution in [3.63, 3.8) is 0 Å². The van der Waals surface area contributed by atoms with Crippen LogP contribution < -0.4 is 10.5 Å². The zero-order chi connectivity index (χ0) is 12.3. The Morgan fingerprint density at radius 3 is 2.88 bits per heavy atom. The number of nitrogens with zero attached hydrogens (tertiary/aromatic N) is 1. The molecule has 0 saturated carbocycles. The van der Waals surface area contributed by atoms with E-state index in [1.54, 1.807) is 7.11 Å². The number of amides is 1. The molecule has 0 spiro atoms. The minimum Gasteiger partial charge on any atom is -0.497 e. The molecule has 1 amide bonds. The van der Waals surface area contributed by atoms with Crippen LogP contribution in [0.1, 0.15) is 5.56 Å². The Morgan fingerprint density at radius 1 is 1.41 bits per heavy atom. The summed E-state index contributed by atoms with van der Waals surface area (Å²) in [6, 6.07) is 5.81. The van der Waals surface area contributed by atoms with Gasteiger partial charge in [0, 0.05) is 24.9 Å². The zero-order valence-corrected chi connectivity index (χ0v) is 9.55. The first-order valence-corrected chi connectivity index (χ1v) is 5.26. The zero-order valence-electron chi connectivity index (χ0n) is 9.55. The van der Waals surface area contributed by atoms with Crippen LogP contribution in [-0.2, 0) is 11.2 Å². The van der Waals surface area contributed by atoms with E-state index >= 15 is 0 Å². The molecule has 5 nitrogen and oxygen atoms in total. The average molecular weight is 234 g/mol. The van der Waals surface area contributed by atoms with E-state index in [9.17, 15) is 4.79 Å². The Hall–Kier alpha value is -2.17. The summed E-state index contributed by atoms with van der Waals surface area (Å²) >= 11 is 0. The number of primary amides is 1. The fraction of sp³-hybridized carbons (Fsp3) is 0.250. The number of methoxy groups -OCH3 is 1.